The van der Waals surface area contributed by atoms with Crippen molar-refractivity contribution >= 4 is 0 Å². The van der Waals surface area contributed by atoms with Gasteiger partial charge in [0.2, 0.25) is 0 Å². The Labute approximate surface area is 53.7 Å². The highest BCUT2D eigenvalue weighted by molar-refractivity contribution is 5.02. The van der Waals surface area contributed by atoms with Crippen LogP contribution in [0.3, 0.4) is 0 Å². The van der Waals surface area contributed by atoms with Crippen molar-refractivity contribution in [2.24, 2.45) is 0 Å². The molecule has 0 bridgehead atoms. The van der Waals surface area contributed by atoms with E-state index >= 15 is 0 Å². The molecule has 0 spiro atoms. The van der Waals surface area contributed by atoms with Crippen LogP contribution >= 0.6 is 0 Å². The predicted octanol–water partition coefficient (Wildman–Crippen LogP) is -0.0137. The quantitative estimate of drug-likeness (QED) is 0.525. The van der Waals surface area contributed by atoms with Gasteiger partial charge in [-0.25, -0.2) is 0 Å². The highest BCUT2D eigenvalue weighted by atomic mass is 15.3. The molecule has 2 heterocycles. The molecule has 0 amide bonds. The minimum atomic E-state index is 0.877. The van der Waals surface area contributed by atoms with Crippen LogP contribution in [-0.4, -0.2) is 16.3 Å². The summed E-state index contributed by atoms with van der Waals surface area (Å²) in [5.74, 6) is 0. The Hall–Kier alpha value is -0.830. The number of nitrogens with zero attached hydrogens (tertiary/aromatic N) is 2. The Morgan fingerprint density at radius 2 is 2.67 bits per heavy atom. The first-order valence-electron chi connectivity index (χ1n) is 3.18. The predicted molar refractivity (Wildman–Crippen MR) is 33.9 cm³/mol. The van der Waals surface area contributed by atoms with Crippen molar-refractivity contribution in [3.8, 4) is 0 Å². The van der Waals surface area contributed by atoms with Gasteiger partial charge in [-0.3, -0.25) is 10.00 Å². The third-order valence-electron chi connectivity index (χ3n) is 1.62. The van der Waals surface area contributed by atoms with Gasteiger partial charge in [0.05, 0.1) is 6.67 Å². The summed E-state index contributed by atoms with van der Waals surface area (Å²) in [5.41, 5.74) is 1.34. The number of nitrogens with one attached hydrogen (secondary N) is 1. The zero-order valence-corrected chi connectivity index (χ0v) is 5.17. The minimum Gasteiger partial charge on any atom is -0.298 e. The largest absolute Gasteiger partial charge is 0.298 e. The molecule has 1 N–H and O–H groups in total. The Morgan fingerprint density at radius 1 is 1.67 bits per heavy atom. The van der Waals surface area contributed by atoms with Crippen LogP contribution in [0.25, 0.3) is 0 Å². The molecule has 0 saturated carbocycles. The molecule has 0 radical (unpaired) electrons. The maximum absolute atomic E-state index is 4.11. The van der Waals surface area contributed by atoms with E-state index < -0.39 is 0 Å². The lowest BCUT2D eigenvalue weighted by molar-refractivity contribution is 0.453. The molecule has 0 aliphatic carbocycles. The van der Waals surface area contributed by atoms with E-state index in [9.17, 15) is 0 Å². The van der Waals surface area contributed by atoms with Gasteiger partial charge in [-0.2, -0.15) is 5.10 Å². The van der Waals surface area contributed by atoms with Crippen molar-refractivity contribution in [1.82, 2.24) is 15.1 Å². The van der Waals surface area contributed by atoms with E-state index in [-0.39, 0.29) is 0 Å². The van der Waals surface area contributed by atoms with Gasteiger partial charge in [0.25, 0.3) is 0 Å². The van der Waals surface area contributed by atoms with E-state index in [0.717, 1.165) is 19.6 Å². The lowest BCUT2D eigenvalue weighted by Crippen LogP contribution is -2.28. The van der Waals surface area contributed by atoms with E-state index in [1.807, 2.05) is 10.9 Å². The highest BCUT2D eigenvalue weighted by Gasteiger charge is 2.05. The molecule has 3 heteroatoms. The molecule has 9 heavy (non-hydrogen) atoms. The standard InChI is InChI=1S/C6H9N3/c1-3-7-5-9-6(1)2-4-8-9/h2,4,7H,1,3,5H2. The topological polar surface area (TPSA) is 29.9 Å². The summed E-state index contributed by atoms with van der Waals surface area (Å²) in [6, 6.07) is 2.07. The lowest BCUT2D eigenvalue weighted by Gasteiger charge is -2.13. The van der Waals surface area contributed by atoms with Gasteiger partial charge in [0.15, 0.2) is 0 Å². The monoisotopic (exact) mass is 123 g/mol. The molecule has 1 aromatic heterocycles. The van der Waals surface area contributed by atoms with Crippen LogP contribution in [-0.2, 0) is 13.1 Å². The Kier molecular flexibility index (Phi) is 1.02. The number of hydrogen-bond donors (Lipinski definition) is 1. The van der Waals surface area contributed by atoms with E-state index in [1.165, 1.54) is 5.69 Å². The molecule has 0 saturated heterocycles. The van der Waals surface area contributed by atoms with Crippen molar-refractivity contribution < 1.29 is 0 Å². The summed E-state index contributed by atoms with van der Waals surface area (Å²) in [6.45, 7) is 1.97. The van der Waals surface area contributed by atoms with Crippen LogP contribution in [0, 0.1) is 0 Å². The van der Waals surface area contributed by atoms with Crippen molar-refractivity contribution in [3.05, 3.63) is 18.0 Å². The first kappa shape index (κ1) is 4.99. The molecule has 1 aromatic rings. The van der Waals surface area contributed by atoms with Crippen LogP contribution < -0.4 is 5.32 Å². The number of rotatable bonds is 0. The molecule has 0 aromatic carbocycles. The number of hydrogen-bond acceptors (Lipinski definition) is 2. The molecule has 48 valence electrons. The maximum Gasteiger partial charge on any atom is 0.0907 e. The molecule has 0 atom stereocenters. The zero-order chi connectivity index (χ0) is 6.10. The maximum atomic E-state index is 4.11. The van der Waals surface area contributed by atoms with Gasteiger partial charge >= 0.3 is 0 Å². The van der Waals surface area contributed by atoms with Crippen molar-refractivity contribution in [2.75, 3.05) is 6.54 Å². The molecule has 1 aliphatic heterocycles. The van der Waals surface area contributed by atoms with Crippen molar-refractivity contribution in [2.45, 2.75) is 13.1 Å². The average molecular weight is 123 g/mol. The molecule has 2 rings (SSSR count). The summed E-state index contributed by atoms with van der Waals surface area (Å²) in [5, 5.41) is 7.34. The molecule has 0 fully saturated rings. The van der Waals surface area contributed by atoms with E-state index in [0.29, 0.717) is 0 Å². The van der Waals surface area contributed by atoms with Crippen LogP contribution in [0.5, 0.6) is 0 Å². The number of fused-ring (bicyclic) bond motifs is 1. The molecule has 1 aliphatic rings. The normalized spacial score (nSPS) is 17.3. The van der Waals surface area contributed by atoms with Gasteiger partial charge in [0, 0.05) is 24.9 Å². The third kappa shape index (κ3) is 0.733. The van der Waals surface area contributed by atoms with Crippen LogP contribution in [0.1, 0.15) is 5.69 Å². The summed E-state index contributed by atoms with van der Waals surface area (Å²) in [4.78, 5) is 0. The zero-order valence-electron chi connectivity index (χ0n) is 5.17. The minimum absolute atomic E-state index is 0.877. The smallest absolute Gasteiger partial charge is 0.0907 e. The Bertz CT molecular complexity index is 183. The van der Waals surface area contributed by atoms with Gasteiger partial charge in [-0.05, 0) is 6.07 Å². The van der Waals surface area contributed by atoms with Gasteiger partial charge < -0.3 is 0 Å². The Balaban J connectivity index is 2.39. The lowest BCUT2D eigenvalue weighted by atomic mass is 10.3. The molecular weight excluding hydrogens is 114 g/mol. The summed E-state index contributed by atoms with van der Waals surface area (Å²) in [6.07, 6.45) is 2.96. The fraction of sp³-hybridized carbons (Fsp3) is 0.500. The van der Waals surface area contributed by atoms with Crippen molar-refractivity contribution in [1.29, 1.82) is 0 Å². The van der Waals surface area contributed by atoms with Gasteiger partial charge in [0.1, 0.15) is 0 Å². The van der Waals surface area contributed by atoms with Crippen LogP contribution in [0.4, 0.5) is 0 Å². The second kappa shape index (κ2) is 1.84. The third-order valence-corrected chi connectivity index (χ3v) is 1.62. The SMILES string of the molecule is c1cc2n(n1)CNCC2. The second-order valence-electron chi connectivity index (χ2n) is 2.23. The van der Waals surface area contributed by atoms with Gasteiger partial charge in [-0.15, -0.1) is 0 Å². The molecule has 3 nitrogen and oxygen atoms in total. The van der Waals surface area contributed by atoms with E-state index in [2.05, 4.69) is 16.5 Å². The second-order valence-corrected chi connectivity index (χ2v) is 2.23. The average Bonchev–Trinajstić information content (AvgIpc) is 2.33. The van der Waals surface area contributed by atoms with Gasteiger partial charge in [-0.1, -0.05) is 0 Å². The van der Waals surface area contributed by atoms with Crippen LogP contribution in [0.15, 0.2) is 12.3 Å². The van der Waals surface area contributed by atoms with Crippen molar-refractivity contribution in [3.63, 3.8) is 0 Å². The fourth-order valence-corrected chi connectivity index (χ4v) is 1.12. The summed E-state index contributed by atoms with van der Waals surface area (Å²) >= 11 is 0. The Morgan fingerprint density at radius 3 is 3.56 bits per heavy atom. The first-order chi connectivity index (χ1) is 4.47. The number of aromatic nitrogens is 2. The van der Waals surface area contributed by atoms with Crippen LogP contribution in [0.2, 0.25) is 0 Å². The fourth-order valence-electron chi connectivity index (χ4n) is 1.12. The van der Waals surface area contributed by atoms with E-state index in [1.54, 1.807) is 0 Å². The summed E-state index contributed by atoms with van der Waals surface area (Å²) < 4.78 is 1.99. The molecule has 0 unspecified atom stereocenters. The first-order valence-corrected chi connectivity index (χ1v) is 3.18. The molecular formula is C6H9N3. The highest BCUT2D eigenvalue weighted by Crippen LogP contribution is 2.01. The van der Waals surface area contributed by atoms with E-state index in [4.69, 9.17) is 0 Å². The summed E-state index contributed by atoms with van der Waals surface area (Å²) in [7, 11) is 0.